The van der Waals surface area contributed by atoms with Gasteiger partial charge in [0.25, 0.3) is 0 Å². The predicted molar refractivity (Wildman–Crippen MR) is 273 cm³/mol. The monoisotopic (exact) mass is 1100 g/mol. The highest BCUT2D eigenvalue weighted by molar-refractivity contribution is 7.80. The molecule has 422 valence electrons. The number of likely N-dealkylation sites (N-methyl/N-ethyl adjacent to an activating group) is 1. The molecule has 0 aliphatic carbocycles. The summed E-state index contributed by atoms with van der Waals surface area (Å²) >= 11 is 8.15. The van der Waals surface area contributed by atoms with Gasteiger partial charge in [-0.2, -0.15) is 25.3 Å². The Hall–Kier alpha value is -7.25. The van der Waals surface area contributed by atoms with Crippen molar-refractivity contribution in [2.24, 2.45) is 0 Å². The smallest absolute Gasteiger partial charge is 0.244 e. The van der Waals surface area contributed by atoms with Crippen molar-refractivity contribution in [1.29, 1.82) is 0 Å². The van der Waals surface area contributed by atoms with E-state index in [4.69, 9.17) is 0 Å². The first kappa shape index (κ1) is 67.8. The Morgan fingerprint density at radius 2 is 0.533 bits per heavy atom. The number of rotatable bonds is 30. The van der Waals surface area contributed by atoms with Gasteiger partial charge in [-0.1, -0.05) is 0 Å². The molecule has 0 fully saturated rings. The van der Waals surface area contributed by atoms with Crippen LogP contribution in [0.3, 0.4) is 0 Å². The van der Waals surface area contributed by atoms with Gasteiger partial charge in [0, 0.05) is 25.5 Å². The molecule has 0 saturated carbocycles. The van der Waals surface area contributed by atoms with Gasteiger partial charge in [-0.3, -0.25) is 71.9 Å². The van der Waals surface area contributed by atoms with Crippen molar-refractivity contribution < 1.29 is 71.9 Å². The predicted octanol–water partition coefficient (Wildman–Crippen LogP) is -8.14. The number of carbonyl (C=O) groups excluding carboxylic acids is 15. The van der Waals surface area contributed by atoms with E-state index in [9.17, 15) is 71.9 Å². The lowest BCUT2D eigenvalue weighted by molar-refractivity contribution is -0.134. The van der Waals surface area contributed by atoms with E-state index in [1.54, 1.807) is 0 Å². The Kier molecular flexibility index (Phi) is 30.3. The molecule has 15 amide bonds. The lowest BCUT2D eigenvalue weighted by atomic mass is 10.2. The van der Waals surface area contributed by atoms with Crippen molar-refractivity contribution >= 4 is 114 Å². The van der Waals surface area contributed by atoms with Crippen LogP contribution in [0.25, 0.3) is 0 Å². The van der Waals surface area contributed by atoms with Gasteiger partial charge in [-0.25, -0.2) is 0 Å². The Bertz CT molecular complexity index is 2140. The second-order valence-corrected chi connectivity index (χ2v) is 17.9. The van der Waals surface area contributed by atoms with Crippen molar-refractivity contribution in [2.45, 2.75) is 149 Å². The van der Waals surface area contributed by atoms with Crippen LogP contribution in [-0.4, -0.2) is 193 Å². The molecule has 0 saturated heterocycles. The zero-order chi connectivity index (χ0) is 58.0. The lowest BCUT2D eigenvalue weighted by Gasteiger charge is -2.23. The molecule has 0 aliphatic heterocycles. The summed E-state index contributed by atoms with van der Waals surface area (Å²) in [6.07, 6.45) is 0. The van der Waals surface area contributed by atoms with Crippen LogP contribution in [0.4, 0.5) is 0 Å². The van der Waals surface area contributed by atoms with E-state index in [1.165, 1.54) is 83.2 Å². The molecule has 0 aromatic carbocycles. The highest BCUT2D eigenvalue weighted by Gasteiger charge is 2.31. The van der Waals surface area contributed by atoms with Gasteiger partial charge in [0.05, 0.1) is 13.1 Å². The SMILES string of the molecule is CNC(=O)[C@H](C)NC(=O)[C@H](C)NC(=O)[C@H](CS)NC(=O)[C@H](C)NC(=O)[C@H](C)NC(=O)[C@H](C)NC(=O)CNC(=O)CNC(=O)[C@H](C)NC(=O)[C@H](C)NC(=O)[C@H](C)NC(=O)[C@H](CS)NC(=O)[C@H](C)NC(=O)[C@H](C)NC(C)=O. The van der Waals surface area contributed by atoms with Crippen LogP contribution < -0.4 is 79.8 Å². The standard InChI is InChI=1S/C43H73N15O15S2/c1-17(32(62)44-12)49-38(68)23(7)55-42(72)28(15-74)58-41(71)26(10)54-37(67)22(6)51-35(65)20(4)48-31(61)14-45-30(60)13-46-33(63)18(2)50-36(66)21(5)52-39(69)24(8)56-43(73)29(16-75)57-40(70)25(9)53-34(64)19(3)47-27(11)59/h17-26,28-29,74-75H,13-16H2,1-12H3,(H,44,62)(H,45,60)(H,46,63)(H,47,59)(H,48,61)(H,49,68)(H,50,66)(H,51,65)(H,52,69)(H,53,64)(H,54,67)(H,55,72)(H,56,73)(H,57,70)(H,58,71)/t17-,18-,19-,20-,21-,22-,23-,24-,25-,26-,28-,29-/m0/s1. The molecule has 12 atom stereocenters. The Labute approximate surface area is 444 Å². The molecule has 0 spiro atoms. The van der Waals surface area contributed by atoms with Crippen molar-refractivity contribution in [1.82, 2.24) is 79.8 Å². The quantitative estimate of drug-likeness (QED) is 0.0297. The molecule has 15 N–H and O–H groups in total. The molecule has 0 aromatic rings. The minimum atomic E-state index is -1.25. The van der Waals surface area contributed by atoms with Crippen LogP contribution in [0.1, 0.15) is 76.2 Å². The van der Waals surface area contributed by atoms with Crippen molar-refractivity contribution in [3.8, 4) is 0 Å². The first-order valence-corrected chi connectivity index (χ1v) is 24.6. The second-order valence-electron chi connectivity index (χ2n) is 17.1. The number of thiol groups is 2. The average Bonchev–Trinajstić information content (AvgIpc) is 3.34. The number of hydrogen-bond acceptors (Lipinski definition) is 17. The molecule has 30 nitrogen and oxygen atoms in total. The summed E-state index contributed by atoms with van der Waals surface area (Å²) in [6.45, 7) is 13.2. The minimum Gasteiger partial charge on any atom is -0.357 e. The van der Waals surface area contributed by atoms with E-state index >= 15 is 0 Å². The van der Waals surface area contributed by atoms with Crippen molar-refractivity contribution in [2.75, 3.05) is 31.6 Å². The molecular weight excluding hydrogens is 1030 g/mol. The Balaban J connectivity index is 4.86. The number of hydrogen-bond donors (Lipinski definition) is 17. The third kappa shape index (κ3) is 25.5. The molecule has 0 aliphatic rings. The second kappa shape index (κ2) is 33.5. The lowest BCUT2D eigenvalue weighted by Crippen LogP contribution is -2.58. The molecule has 75 heavy (non-hydrogen) atoms. The fourth-order valence-electron chi connectivity index (χ4n) is 5.67. The first-order chi connectivity index (χ1) is 34.8. The van der Waals surface area contributed by atoms with Crippen LogP contribution in [-0.2, 0) is 71.9 Å². The van der Waals surface area contributed by atoms with Gasteiger partial charge in [-0.15, -0.1) is 0 Å². The van der Waals surface area contributed by atoms with E-state index in [1.807, 2.05) is 0 Å². The fraction of sp³-hybridized carbons (Fsp3) is 0.651. The highest BCUT2D eigenvalue weighted by Crippen LogP contribution is 1.99. The van der Waals surface area contributed by atoms with E-state index < -0.39 is 174 Å². The van der Waals surface area contributed by atoms with Crippen LogP contribution >= 0.6 is 25.3 Å². The van der Waals surface area contributed by atoms with E-state index in [2.05, 4.69) is 105 Å². The topological polar surface area (TPSA) is 436 Å². The van der Waals surface area contributed by atoms with Crippen molar-refractivity contribution in [3.63, 3.8) is 0 Å². The summed E-state index contributed by atoms with van der Waals surface area (Å²) in [5.74, 6) is -11.6. The normalized spacial score (nSPS) is 15.4. The summed E-state index contributed by atoms with van der Waals surface area (Å²) in [5, 5.41) is 35.4. The summed E-state index contributed by atoms with van der Waals surface area (Å²) < 4.78 is 0. The van der Waals surface area contributed by atoms with E-state index in [-0.39, 0.29) is 11.5 Å². The van der Waals surface area contributed by atoms with Gasteiger partial charge in [0.1, 0.15) is 72.5 Å². The first-order valence-electron chi connectivity index (χ1n) is 23.4. The van der Waals surface area contributed by atoms with Gasteiger partial charge >= 0.3 is 0 Å². The van der Waals surface area contributed by atoms with Crippen LogP contribution in [0.15, 0.2) is 0 Å². The molecule has 0 heterocycles. The van der Waals surface area contributed by atoms with Crippen LogP contribution in [0.5, 0.6) is 0 Å². The zero-order valence-electron chi connectivity index (χ0n) is 43.8. The summed E-state index contributed by atoms with van der Waals surface area (Å²) in [4.78, 5) is 187. The molecule has 32 heteroatoms. The summed E-state index contributed by atoms with van der Waals surface area (Å²) in [7, 11) is 1.39. The van der Waals surface area contributed by atoms with Gasteiger partial charge < -0.3 is 79.8 Å². The van der Waals surface area contributed by atoms with Crippen LogP contribution in [0.2, 0.25) is 0 Å². The molecule has 0 radical (unpaired) electrons. The van der Waals surface area contributed by atoms with E-state index in [0.29, 0.717) is 0 Å². The largest absolute Gasteiger partial charge is 0.357 e. The third-order valence-electron chi connectivity index (χ3n) is 10.3. The maximum absolute atomic E-state index is 12.9. The molecule has 0 bridgehead atoms. The minimum absolute atomic E-state index is 0.194. The molecule has 0 aromatic heterocycles. The third-order valence-corrected chi connectivity index (χ3v) is 11.1. The number of amides is 15. The number of nitrogens with one attached hydrogen (secondary N) is 15. The molecule has 0 rings (SSSR count). The van der Waals surface area contributed by atoms with Gasteiger partial charge in [0.15, 0.2) is 0 Å². The molecular formula is C43H73N15O15S2. The summed E-state index contributed by atoms with van der Waals surface area (Å²) in [5.41, 5.74) is 0. The molecule has 0 unspecified atom stereocenters. The zero-order valence-corrected chi connectivity index (χ0v) is 45.6. The Morgan fingerprint density at radius 3 is 0.827 bits per heavy atom. The average molecular weight is 1100 g/mol. The van der Waals surface area contributed by atoms with Crippen LogP contribution in [0, 0.1) is 0 Å². The number of carbonyl (C=O) groups is 15. The van der Waals surface area contributed by atoms with Crippen molar-refractivity contribution in [3.05, 3.63) is 0 Å². The van der Waals surface area contributed by atoms with Gasteiger partial charge in [-0.05, 0) is 69.2 Å². The fourth-order valence-corrected chi connectivity index (χ4v) is 6.19. The Morgan fingerprint density at radius 1 is 0.293 bits per heavy atom. The highest BCUT2D eigenvalue weighted by atomic mass is 32.1. The van der Waals surface area contributed by atoms with Gasteiger partial charge in [0.2, 0.25) is 88.6 Å². The van der Waals surface area contributed by atoms with E-state index in [0.717, 1.165) is 0 Å². The maximum Gasteiger partial charge on any atom is 0.244 e. The summed E-state index contributed by atoms with van der Waals surface area (Å²) in [6, 6.07) is -13.9. The maximum atomic E-state index is 12.9.